The maximum atomic E-state index is 2.60. The van der Waals surface area contributed by atoms with Crippen molar-refractivity contribution in [1.82, 2.24) is 0 Å². The van der Waals surface area contributed by atoms with Crippen molar-refractivity contribution in [3.8, 4) is 0 Å². The van der Waals surface area contributed by atoms with E-state index in [1.54, 1.807) is 25.7 Å². The van der Waals surface area contributed by atoms with E-state index in [1.165, 1.54) is 69.8 Å². The highest BCUT2D eigenvalue weighted by atomic mass is 31.1. The first-order valence-corrected chi connectivity index (χ1v) is 13.0. The average molecular weight is 369 g/mol. The molecule has 142 valence electrons. The Balaban J connectivity index is 1.61. The second kappa shape index (κ2) is 9.54. The van der Waals surface area contributed by atoms with E-state index >= 15 is 0 Å². The van der Waals surface area contributed by atoms with E-state index in [-0.39, 0.29) is 7.92 Å². The van der Waals surface area contributed by atoms with Crippen molar-refractivity contribution >= 4 is 14.0 Å². The molecule has 3 fully saturated rings. The van der Waals surface area contributed by atoms with Gasteiger partial charge in [-0.05, 0) is 61.8 Å². The van der Waals surface area contributed by atoms with Crippen molar-refractivity contribution in [3.63, 3.8) is 0 Å². The first kappa shape index (κ1) is 18.7. The zero-order valence-corrected chi connectivity index (χ0v) is 17.4. The lowest BCUT2D eigenvalue weighted by molar-refractivity contribution is 0.477. The molecule has 3 saturated carbocycles. The van der Waals surface area contributed by atoms with Gasteiger partial charge in [0.1, 0.15) is 0 Å². The van der Waals surface area contributed by atoms with Gasteiger partial charge in [-0.3, -0.25) is 0 Å². The zero-order valence-electron chi connectivity index (χ0n) is 16.5. The summed E-state index contributed by atoms with van der Waals surface area (Å²) in [5.41, 5.74) is 6.40. The maximum absolute atomic E-state index is 2.60. The second-order valence-corrected chi connectivity index (χ2v) is 11.9. The van der Waals surface area contributed by atoms with Crippen LogP contribution in [-0.4, -0.2) is 17.0 Å². The van der Waals surface area contributed by atoms with Crippen LogP contribution in [0.25, 0.3) is 6.08 Å². The third-order valence-corrected chi connectivity index (χ3v) is 11.2. The van der Waals surface area contributed by atoms with E-state index < -0.39 is 0 Å². The second-order valence-electron chi connectivity index (χ2n) is 8.92. The minimum atomic E-state index is 0.181. The smallest absolute Gasteiger partial charge is 0.000889 e. The van der Waals surface area contributed by atoms with Crippen LogP contribution in [0, 0.1) is 0 Å². The van der Waals surface area contributed by atoms with Crippen molar-refractivity contribution < 1.29 is 0 Å². The van der Waals surface area contributed by atoms with Crippen LogP contribution in [0.15, 0.2) is 35.9 Å². The van der Waals surface area contributed by atoms with Crippen molar-refractivity contribution in [2.45, 2.75) is 107 Å². The largest absolute Gasteiger partial charge is 0.0930 e. The highest BCUT2D eigenvalue weighted by molar-refractivity contribution is 7.60. The van der Waals surface area contributed by atoms with Crippen molar-refractivity contribution in [1.29, 1.82) is 0 Å². The first-order chi connectivity index (χ1) is 12.9. The minimum Gasteiger partial charge on any atom is -0.0930 e. The standard InChI is InChI=1S/C25H37P/c1-4-12-21(13-5-1)20-22-14-10-11-19-25(22)26(23-15-6-2-7-16-23)24-17-8-3-9-18-24/h1,4-5,12-13,20,23-25H,2-3,6-11,14-19H2. The zero-order chi connectivity index (χ0) is 17.6. The summed E-state index contributed by atoms with van der Waals surface area (Å²) in [5, 5.41) is 0. The minimum absolute atomic E-state index is 0.181. The molecule has 0 saturated heterocycles. The normalized spacial score (nSPS) is 27.9. The molecule has 0 spiro atoms. The molecule has 1 atom stereocenters. The van der Waals surface area contributed by atoms with Crippen molar-refractivity contribution in [2.24, 2.45) is 0 Å². The molecule has 0 bridgehead atoms. The third-order valence-electron chi connectivity index (χ3n) is 7.13. The maximum Gasteiger partial charge on any atom is 0.000889 e. The summed E-state index contributed by atoms with van der Waals surface area (Å²) in [5.74, 6) is 0. The number of allylic oxidation sites excluding steroid dienone is 1. The topological polar surface area (TPSA) is 0 Å². The van der Waals surface area contributed by atoms with Gasteiger partial charge in [0.15, 0.2) is 0 Å². The average Bonchev–Trinajstić information content (AvgIpc) is 2.72. The lowest BCUT2D eigenvalue weighted by Gasteiger charge is -2.45. The highest BCUT2D eigenvalue weighted by Crippen LogP contribution is 2.62. The highest BCUT2D eigenvalue weighted by Gasteiger charge is 2.38. The van der Waals surface area contributed by atoms with Gasteiger partial charge in [0, 0.05) is 5.66 Å². The third kappa shape index (κ3) is 4.62. The van der Waals surface area contributed by atoms with Gasteiger partial charge in [-0.15, -0.1) is 0 Å². The summed E-state index contributed by atoms with van der Waals surface area (Å²) in [6.45, 7) is 0. The molecule has 1 aromatic rings. The quantitative estimate of drug-likeness (QED) is 0.470. The van der Waals surface area contributed by atoms with E-state index in [1.807, 2.05) is 5.57 Å². The fraction of sp³-hybridized carbons (Fsp3) is 0.680. The summed E-state index contributed by atoms with van der Waals surface area (Å²) in [6, 6.07) is 11.2. The van der Waals surface area contributed by atoms with Gasteiger partial charge in [-0.1, -0.05) is 94.8 Å². The molecule has 26 heavy (non-hydrogen) atoms. The molecular formula is C25H37P. The summed E-state index contributed by atoms with van der Waals surface area (Å²) in [7, 11) is 0.181. The van der Waals surface area contributed by atoms with E-state index in [4.69, 9.17) is 0 Å². The Bertz CT molecular complexity index is 545. The van der Waals surface area contributed by atoms with Gasteiger partial charge in [0.2, 0.25) is 0 Å². The fourth-order valence-corrected chi connectivity index (χ4v) is 10.5. The summed E-state index contributed by atoms with van der Waals surface area (Å²) >= 11 is 0. The van der Waals surface area contributed by atoms with Crippen LogP contribution >= 0.6 is 7.92 Å². The molecule has 0 radical (unpaired) electrons. The molecule has 0 amide bonds. The van der Waals surface area contributed by atoms with Crippen LogP contribution in [0.1, 0.15) is 95.5 Å². The molecule has 1 aromatic carbocycles. The van der Waals surface area contributed by atoms with E-state index in [0.717, 1.165) is 17.0 Å². The molecule has 1 heteroatoms. The summed E-state index contributed by atoms with van der Waals surface area (Å²) < 4.78 is 0. The number of rotatable bonds is 4. The molecule has 0 N–H and O–H groups in total. The molecular weight excluding hydrogens is 331 g/mol. The Morgan fingerprint density at radius 3 is 1.85 bits per heavy atom. The van der Waals surface area contributed by atoms with Crippen LogP contribution in [0.5, 0.6) is 0 Å². The molecule has 0 heterocycles. The molecule has 1 unspecified atom stereocenters. The Morgan fingerprint density at radius 2 is 1.23 bits per heavy atom. The lowest BCUT2D eigenvalue weighted by Crippen LogP contribution is -2.29. The Kier molecular flexibility index (Phi) is 6.88. The van der Waals surface area contributed by atoms with Crippen molar-refractivity contribution in [3.05, 3.63) is 41.5 Å². The number of hydrogen-bond acceptors (Lipinski definition) is 0. The van der Waals surface area contributed by atoms with Gasteiger partial charge in [-0.25, -0.2) is 0 Å². The van der Waals surface area contributed by atoms with Crippen LogP contribution in [0.2, 0.25) is 0 Å². The molecule has 4 rings (SSSR count). The van der Waals surface area contributed by atoms with Gasteiger partial charge >= 0.3 is 0 Å². The Morgan fingerprint density at radius 1 is 0.654 bits per heavy atom. The van der Waals surface area contributed by atoms with Gasteiger partial charge in [-0.2, -0.15) is 0 Å². The molecule has 0 aliphatic heterocycles. The molecule has 3 aliphatic rings. The van der Waals surface area contributed by atoms with Crippen LogP contribution in [-0.2, 0) is 0 Å². The summed E-state index contributed by atoms with van der Waals surface area (Å²) in [4.78, 5) is 0. The van der Waals surface area contributed by atoms with Crippen LogP contribution < -0.4 is 0 Å². The van der Waals surface area contributed by atoms with Gasteiger partial charge in [0.25, 0.3) is 0 Å². The number of hydrogen-bond donors (Lipinski definition) is 0. The predicted molar refractivity (Wildman–Crippen MR) is 117 cm³/mol. The van der Waals surface area contributed by atoms with Gasteiger partial charge < -0.3 is 0 Å². The van der Waals surface area contributed by atoms with Crippen LogP contribution in [0.4, 0.5) is 0 Å². The Labute approximate surface area is 162 Å². The summed E-state index contributed by atoms with van der Waals surface area (Å²) in [6.07, 6.45) is 23.7. The van der Waals surface area contributed by atoms with Gasteiger partial charge in [0.05, 0.1) is 0 Å². The number of benzene rings is 1. The molecule has 0 nitrogen and oxygen atoms in total. The monoisotopic (exact) mass is 368 g/mol. The van der Waals surface area contributed by atoms with E-state index in [0.29, 0.717) is 0 Å². The van der Waals surface area contributed by atoms with E-state index in [9.17, 15) is 0 Å². The van der Waals surface area contributed by atoms with E-state index in [2.05, 4.69) is 36.4 Å². The SMILES string of the molecule is C(=C1CCCCC1P(C1CCCCC1)C1CCCCC1)c1ccccc1. The van der Waals surface area contributed by atoms with Crippen molar-refractivity contribution in [2.75, 3.05) is 0 Å². The Hall–Kier alpha value is -0.610. The molecule has 0 aromatic heterocycles. The lowest BCUT2D eigenvalue weighted by atomic mass is 9.92. The molecule has 3 aliphatic carbocycles. The fourth-order valence-electron chi connectivity index (χ4n) is 5.86. The van der Waals surface area contributed by atoms with Crippen LogP contribution in [0.3, 0.4) is 0 Å². The predicted octanol–water partition coefficient (Wildman–Crippen LogP) is 8.16. The first-order valence-electron chi connectivity index (χ1n) is 11.4.